The summed E-state index contributed by atoms with van der Waals surface area (Å²) < 4.78 is 9.76. The average Bonchev–Trinajstić information content (AvgIpc) is 3.59. The van der Waals surface area contributed by atoms with Crippen LogP contribution in [0.5, 0.6) is 0 Å². The predicted octanol–water partition coefficient (Wildman–Crippen LogP) is 3.49. The van der Waals surface area contributed by atoms with Crippen molar-refractivity contribution >= 4 is 46.3 Å². The lowest BCUT2D eigenvalue weighted by Crippen LogP contribution is -2.43. The SMILES string of the molecule is Cc1ccc(C(C(=O)NCc2ccccc2)N(Cc2cccs2)C(=O)c2snc(C(N)=O)c2N)o1. The second-order valence-electron chi connectivity index (χ2n) is 7.71. The van der Waals surface area contributed by atoms with E-state index in [2.05, 4.69) is 9.69 Å². The lowest BCUT2D eigenvalue weighted by atomic mass is 10.1. The Kier molecular flexibility index (Phi) is 7.28. The molecule has 0 spiro atoms. The summed E-state index contributed by atoms with van der Waals surface area (Å²) in [7, 11) is 0. The first-order valence-electron chi connectivity index (χ1n) is 10.6. The maximum absolute atomic E-state index is 13.8. The van der Waals surface area contributed by atoms with Crippen LogP contribution in [0.25, 0.3) is 0 Å². The first-order valence-corrected chi connectivity index (χ1v) is 12.3. The summed E-state index contributed by atoms with van der Waals surface area (Å²) in [6.45, 7) is 2.14. The Morgan fingerprint density at radius 1 is 1.11 bits per heavy atom. The summed E-state index contributed by atoms with van der Waals surface area (Å²) in [4.78, 5) is 41.2. The van der Waals surface area contributed by atoms with E-state index in [0.29, 0.717) is 11.5 Å². The highest BCUT2D eigenvalue weighted by atomic mass is 32.1. The zero-order valence-electron chi connectivity index (χ0n) is 18.8. The third-order valence-corrected chi connectivity index (χ3v) is 6.94. The molecular weight excluding hydrogens is 486 g/mol. The summed E-state index contributed by atoms with van der Waals surface area (Å²) in [5.74, 6) is -0.920. The van der Waals surface area contributed by atoms with Crippen molar-refractivity contribution < 1.29 is 18.8 Å². The summed E-state index contributed by atoms with van der Waals surface area (Å²) in [6, 6.07) is 15.5. The van der Waals surface area contributed by atoms with Gasteiger partial charge < -0.3 is 26.1 Å². The Hall–Kier alpha value is -3.96. The standard InChI is InChI=1S/C24H23N5O4S2/c1-14-9-10-17(33-14)20(23(31)27-12-15-6-3-2-4-7-15)29(13-16-8-5-11-34-16)24(32)21-18(25)19(22(26)30)28-35-21/h2-11,20H,12-13,25H2,1H3,(H2,26,30)(H,27,31). The number of nitrogen functional groups attached to an aromatic ring is 1. The number of aryl methyl sites for hydroxylation is 1. The molecule has 1 unspecified atom stereocenters. The molecule has 11 heteroatoms. The number of primary amides is 1. The maximum Gasteiger partial charge on any atom is 0.270 e. The summed E-state index contributed by atoms with van der Waals surface area (Å²) in [5.41, 5.74) is 12.0. The highest BCUT2D eigenvalue weighted by molar-refractivity contribution is 7.10. The van der Waals surface area contributed by atoms with Crippen molar-refractivity contribution in [2.24, 2.45) is 5.73 Å². The minimum absolute atomic E-state index is 0.0273. The monoisotopic (exact) mass is 509 g/mol. The number of carbonyl (C=O) groups is 3. The van der Waals surface area contributed by atoms with Crippen molar-refractivity contribution in [3.8, 4) is 0 Å². The lowest BCUT2D eigenvalue weighted by Gasteiger charge is -2.29. The van der Waals surface area contributed by atoms with E-state index in [1.165, 1.54) is 16.2 Å². The van der Waals surface area contributed by atoms with Crippen LogP contribution >= 0.6 is 22.9 Å². The van der Waals surface area contributed by atoms with Crippen LogP contribution in [0.2, 0.25) is 0 Å². The van der Waals surface area contributed by atoms with Crippen LogP contribution in [0.1, 0.15) is 48.2 Å². The van der Waals surface area contributed by atoms with E-state index in [1.807, 2.05) is 47.8 Å². The minimum atomic E-state index is -1.10. The zero-order chi connectivity index (χ0) is 24.9. The molecule has 3 amide bonds. The number of furan rings is 1. The van der Waals surface area contributed by atoms with Crippen LogP contribution in [-0.4, -0.2) is 27.0 Å². The molecule has 1 atom stereocenters. The van der Waals surface area contributed by atoms with Gasteiger partial charge in [-0.05, 0) is 47.6 Å². The number of nitrogens with one attached hydrogen (secondary N) is 1. The number of carbonyl (C=O) groups excluding carboxylic acids is 3. The van der Waals surface area contributed by atoms with E-state index in [1.54, 1.807) is 19.1 Å². The number of rotatable bonds is 9. The van der Waals surface area contributed by atoms with Crippen LogP contribution in [0.4, 0.5) is 5.69 Å². The Bertz CT molecular complexity index is 1330. The van der Waals surface area contributed by atoms with Gasteiger partial charge in [-0.3, -0.25) is 14.4 Å². The third-order valence-electron chi connectivity index (χ3n) is 5.22. The van der Waals surface area contributed by atoms with Crippen LogP contribution in [0.15, 0.2) is 64.4 Å². The molecule has 0 fully saturated rings. The fourth-order valence-corrected chi connectivity index (χ4v) is 4.98. The van der Waals surface area contributed by atoms with Gasteiger partial charge in [-0.1, -0.05) is 36.4 Å². The molecule has 3 aromatic heterocycles. The number of benzene rings is 1. The molecule has 1 aromatic carbocycles. The number of nitrogens with zero attached hydrogens (tertiary/aromatic N) is 2. The molecule has 35 heavy (non-hydrogen) atoms. The van der Waals surface area contributed by atoms with Crippen LogP contribution < -0.4 is 16.8 Å². The van der Waals surface area contributed by atoms with Crippen molar-refractivity contribution in [1.29, 1.82) is 0 Å². The largest absolute Gasteiger partial charge is 0.464 e. The van der Waals surface area contributed by atoms with Gasteiger partial charge in [-0.2, -0.15) is 4.37 Å². The number of hydrogen-bond acceptors (Lipinski definition) is 8. The quantitative estimate of drug-likeness (QED) is 0.315. The summed E-state index contributed by atoms with van der Waals surface area (Å²) in [5, 5.41) is 4.78. The molecule has 0 saturated carbocycles. The number of hydrogen-bond donors (Lipinski definition) is 3. The lowest BCUT2D eigenvalue weighted by molar-refractivity contribution is -0.126. The van der Waals surface area contributed by atoms with Gasteiger partial charge >= 0.3 is 0 Å². The Morgan fingerprint density at radius 3 is 2.49 bits per heavy atom. The molecule has 0 aliphatic rings. The van der Waals surface area contributed by atoms with E-state index >= 15 is 0 Å². The number of thiophene rings is 1. The van der Waals surface area contributed by atoms with Gasteiger partial charge in [-0.15, -0.1) is 11.3 Å². The molecule has 180 valence electrons. The van der Waals surface area contributed by atoms with Gasteiger partial charge in [-0.25, -0.2) is 0 Å². The smallest absolute Gasteiger partial charge is 0.270 e. The molecule has 0 aliphatic carbocycles. The van der Waals surface area contributed by atoms with E-state index in [9.17, 15) is 14.4 Å². The Balaban J connectivity index is 1.73. The minimum Gasteiger partial charge on any atom is -0.464 e. The molecule has 0 saturated heterocycles. The molecule has 0 bridgehead atoms. The van der Waals surface area contributed by atoms with Gasteiger partial charge in [0.05, 0.1) is 12.2 Å². The van der Waals surface area contributed by atoms with E-state index < -0.39 is 23.8 Å². The van der Waals surface area contributed by atoms with Gasteiger partial charge in [0.1, 0.15) is 16.4 Å². The second-order valence-corrected chi connectivity index (χ2v) is 9.51. The van der Waals surface area contributed by atoms with Gasteiger partial charge in [0.15, 0.2) is 11.7 Å². The molecule has 3 heterocycles. The number of amides is 3. The molecule has 4 aromatic rings. The van der Waals surface area contributed by atoms with Gasteiger partial charge in [0.25, 0.3) is 17.7 Å². The highest BCUT2D eigenvalue weighted by Crippen LogP contribution is 2.31. The van der Waals surface area contributed by atoms with Crippen LogP contribution in [0.3, 0.4) is 0 Å². The van der Waals surface area contributed by atoms with E-state index in [-0.39, 0.29) is 29.3 Å². The van der Waals surface area contributed by atoms with Gasteiger partial charge in [0.2, 0.25) is 0 Å². The molecule has 0 aliphatic heterocycles. The van der Waals surface area contributed by atoms with Gasteiger partial charge in [0, 0.05) is 11.4 Å². The van der Waals surface area contributed by atoms with Crippen molar-refractivity contribution in [1.82, 2.24) is 14.6 Å². The number of nitrogens with two attached hydrogens (primary N) is 2. The molecular formula is C24H23N5O4S2. The van der Waals surface area contributed by atoms with Crippen LogP contribution in [-0.2, 0) is 17.9 Å². The van der Waals surface area contributed by atoms with E-state index in [0.717, 1.165) is 22.0 Å². The highest BCUT2D eigenvalue weighted by Gasteiger charge is 2.36. The Labute approximate surface area is 209 Å². The normalized spacial score (nSPS) is 11.7. The molecule has 5 N–H and O–H groups in total. The summed E-state index contributed by atoms with van der Waals surface area (Å²) >= 11 is 2.21. The number of anilines is 1. The number of aromatic nitrogens is 1. The third kappa shape index (κ3) is 5.42. The van der Waals surface area contributed by atoms with Crippen molar-refractivity contribution in [2.45, 2.75) is 26.1 Å². The molecule has 0 radical (unpaired) electrons. The van der Waals surface area contributed by atoms with Crippen molar-refractivity contribution in [3.05, 3.63) is 92.5 Å². The molecule has 9 nitrogen and oxygen atoms in total. The zero-order valence-corrected chi connectivity index (χ0v) is 20.4. The van der Waals surface area contributed by atoms with Crippen molar-refractivity contribution in [2.75, 3.05) is 5.73 Å². The average molecular weight is 510 g/mol. The topological polar surface area (TPSA) is 145 Å². The molecule has 4 rings (SSSR count). The second kappa shape index (κ2) is 10.5. The van der Waals surface area contributed by atoms with E-state index in [4.69, 9.17) is 15.9 Å². The first-order chi connectivity index (χ1) is 16.8. The first kappa shape index (κ1) is 24.2. The fraction of sp³-hybridized carbons (Fsp3) is 0.167. The van der Waals surface area contributed by atoms with Crippen LogP contribution in [0, 0.1) is 6.92 Å². The maximum atomic E-state index is 13.8. The van der Waals surface area contributed by atoms with Crippen molar-refractivity contribution in [3.63, 3.8) is 0 Å². The fourth-order valence-electron chi connectivity index (χ4n) is 3.52. The summed E-state index contributed by atoms with van der Waals surface area (Å²) in [6.07, 6.45) is 0. The Morgan fingerprint density at radius 2 is 1.89 bits per heavy atom. The predicted molar refractivity (Wildman–Crippen MR) is 134 cm³/mol.